The zero-order chi connectivity index (χ0) is 13.2. The summed E-state index contributed by atoms with van der Waals surface area (Å²) >= 11 is 12.1. The van der Waals surface area contributed by atoms with Gasteiger partial charge in [0.25, 0.3) is 0 Å². The highest BCUT2D eigenvalue weighted by Gasteiger charge is 2.31. The number of hydrogen-bond acceptors (Lipinski definition) is 2. The molecule has 0 spiro atoms. The molecule has 0 radical (unpaired) electrons. The van der Waals surface area contributed by atoms with E-state index in [1.54, 1.807) is 6.07 Å². The molecule has 1 saturated carbocycles. The number of halogens is 2. The Morgan fingerprint density at radius 2 is 2.00 bits per heavy atom. The van der Waals surface area contributed by atoms with Crippen LogP contribution in [0, 0.1) is 0 Å². The van der Waals surface area contributed by atoms with Crippen LogP contribution in [-0.4, -0.2) is 17.3 Å². The molecule has 2 nitrogen and oxygen atoms in total. The van der Waals surface area contributed by atoms with Crippen LogP contribution in [0.15, 0.2) is 18.2 Å². The number of benzene rings is 1. The monoisotopic (exact) mass is 287 g/mol. The van der Waals surface area contributed by atoms with Crippen molar-refractivity contribution in [1.82, 2.24) is 5.32 Å². The topological polar surface area (TPSA) is 32.3 Å². The summed E-state index contributed by atoms with van der Waals surface area (Å²) in [6.07, 6.45) is 4.00. The van der Waals surface area contributed by atoms with Crippen LogP contribution >= 0.6 is 23.2 Å². The first-order chi connectivity index (χ1) is 8.50. The summed E-state index contributed by atoms with van der Waals surface area (Å²) in [4.78, 5) is 0. The third-order valence-electron chi connectivity index (χ3n) is 3.70. The predicted molar refractivity (Wildman–Crippen MR) is 76.3 cm³/mol. The predicted octanol–water partition coefficient (Wildman–Crippen LogP) is 3.95. The van der Waals surface area contributed by atoms with Crippen molar-refractivity contribution in [2.75, 3.05) is 6.54 Å². The Morgan fingerprint density at radius 1 is 1.33 bits per heavy atom. The van der Waals surface area contributed by atoms with E-state index in [1.807, 2.05) is 19.1 Å². The van der Waals surface area contributed by atoms with Crippen molar-refractivity contribution in [1.29, 1.82) is 0 Å². The summed E-state index contributed by atoms with van der Waals surface area (Å²) in [6, 6.07) is 5.55. The number of rotatable bonds is 4. The van der Waals surface area contributed by atoms with E-state index in [1.165, 1.54) is 0 Å². The van der Waals surface area contributed by atoms with Crippen molar-refractivity contribution >= 4 is 23.2 Å². The summed E-state index contributed by atoms with van der Waals surface area (Å²) in [5.74, 6) is 0. The van der Waals surface area contributed by atoms with Crippen LogP contribution in [0.1, 0.15) is 44.2 Å². The van der Waals surface area contributed by atoms with Crippen molar-refractivity contribution in [3.63, 3.8) is 0 Å². The Kier molecular flexibility index (Phi) is 4.54. The molecule has 1 aliphatic rings. The average Bonchev–Trinajstić information content (AvgIpc) is 2.77. The van der Waals surface area contributed by atoms with E-state index < -0.39 is 5.60 Å². The second-order valence-electron chi connectivity index (χ2n) is 5.20. The van der Waals surface area contributed by atoms with Gasteiger partial charge in [-0.1, -0.05) is 36.0 Å². The summed E-state index contributed by atoms with van der Waals surface area (Å²) < 4.78 is 0. The first kappa shape index (κ1) is 14.1. The van der Waals surface area contributed by atoms with Crippen molar-refractivity contribution in [3.8, 4) is 0 Å². The van der Waals surface area contributed by atoms with Crippen LogP contribution in [0.4, 0.5) is 0 Å². The van der Waals surface area contributed by atoms with E-state index in [-0.39, 0.29) is 6.04 Å². The van der Waals surface area contributed by atoms with Gasteiger partial charge >= 0.3 is 0 Å². The van der Waals surface area contributed by atoms with Gasteiger partial charge in [-0.3, -0.25) is 0 Å². The number of hydrogen-bond donors (Lipinski definition) is 2. The molecule has 1 aliphatic carbocycles. The van der Waals surface area contributed by atoms with Crippen LogP contribution in [0.25, 0.3) is 0 Å². The van der Waals surface area contributed by atoms with Crippen molar-refractivity contribution < 1.29 is 5.11 Å². The lowest BCUT2D eigenvalue weighted by Gasteiger charge is -2.25. The van der Waals surface area contributed by atoms with Crippen molar-refractivity contribution in [2.45, 2.75) is 44.2 Å². The lowest BCUT2D eigenvalue weighted by Crippen LogP contribution is -2.39. The molecule has 0 bridgehead atoms. The average molecular weight is 288 g/mol. The molecule has 0 aromatic heterocycles. The van der Waals surface area contributed by atoms with Gasteiger partial charge in [0, 0.05) is 22.6 Å². The first-order valence-corrected chi connectivity index (χ1v) is 7.16. The molecule has 0 saturated heterocycles. The second-order valence-corrected chi connectivity index (χ2v) is 6.04. The zero-order valence-corrected chi connectivity index (χ0v) is 12.1. The lowest BCUT2D eigenvalue weighted by atomic mass is 10.0. The molecule has 1 unspecified atom stereocenters. The summed E-state index contributed by atoms with van der Waals surface area (Å²) in [5.41, 5.74) is 0.435. The normalized spacial score (nSPS) is 20.0. The molecule has 0 amide bonds. The third-order valence-corrected chi connectivity index (χ3v) is 4.28. The van der Waals surface area contributed by atoms with Crippen molar-refractivity contribution in [2.24, 2.45) is 0 Å². The van der Waals surface area contributed by atoms with Crippen LogP contribution in [-0.2, 0) is 0 Å². The molecular formula is C14H19Cl2NO. The molecule has 2 rings (SSSR count). The summed E-state index contributed by atoms with van der Waals surface area (Å²) in [7, 11) is 0. The van der Waals surface area contributed by atoms with Gasteiger partial charge in [0.15, 0.2) is 0 Å². The molecule has 100 valence electrons. The first-order valence-electron chi connectivity index (χ1n) is 6.41. The molecule has 1 atom stereocenters. The van der Waals surface area contributed by atoms with Gasteiger partial charge in [0.05, 0.1) is 5.60 Å². The number of aliphatic hydroxyl groups is 1. The summed E-state index contributed by atoms with van der Waals surface area (Å²) in [6.45, 7) is 2.65. The molecule has 1 fully saturated rings. The molecule has 2 N–H and O–H groups in total. The summed E-state index contributed by atoms with van der Waals surface area (Å²) in [5, 5.41) is 15.0. The second kappa shape index (κ2) is 5.79. The van der Waals surface area contributed by atoms with Gasteiger partial charge in [-0.25, -0.2) is 0 Å². The van der Waals surface area contributed by atoms with Crippen LogP contribution in [0.3, 0.4) is 0 Å². The minimum Gasteiger partial charge on any atom is -0.389 e. The van der Waals surface area contributed by atoms with E-state index in [4.69, 9.17) is 23.2 Å². The van der Waals surface area contributed by atoms with Crippen molar-refractivity contribution in [3.05, 3.63) is 33.8 Å². The van der Waals surface area contributed by atoms with Gasteiger partial charge in [-0.2, -0.15) is 0 Å². The highest BCUT2D eigenvalue weighted by Crippen LogP contribution is 2.30. The Bertz CT molecular complexity index is 416. The van der Waals surface area contributed by atoms with Gasteiger partial charge in [-0.05, 0) is 43.5 Å². The highest BCUT2D eigenvalue weighted by atomic mass is 35.5. The van der Waals surface area contributed by atoms with Gasteiger partial charge in [0.1, 0.15) is 0 Å². The maximum Gasteiger partial charge on any atom is 0.0771 e. The fourth-order valence-corrected chi connectivity index (χ4v) is 2.97. The van der Waals surface area contributed by atoms with Crippen LogP contribution in [0.5, 0.6) is 0 Å². The molecule has 4 heteroatoms. The molecule has 0 aliphatic heterocycles. The Morgan fingerprint density at radius 3 is 2.67 bits per heavy atom. The number of nitrogens with one attached hydrogen (secondary N) is 1. The van der Waals surface area contributed by atoms with E-state index >= 15 is 0 Å². The van der Waals surface area contributed by atoms with E-state index in [9.17, 15) is 5.11 Å². The SMILES string of the molecule is CC(NCC1(O)CCCC1)c1cc(Cl)ccc1Cl. The molecule has 0 heterocycles. The fourth-order valence-electron chi connectivity index (χ4n) is 2.51. The van der Waals surface area contributed by atoms with Gasteiger partial charge in [-0.15, -0.1) is 0 Å². The molecule has 1 aromatic rings. The fraction of sp³-hybridized carbons (Fsp3) is 0.571. The van der Waals surface area contributed by atoms with Gasteiger partial charge in [0.2, 0.25) is 0 Å². The minimum atomic E-state index is -0.542. The maximum atomic E-state index is 10.3. The highest BCUT2D eigenvalue weighted by molar-refractivity contribution is 6.33. The third kappa shape index (κ3) is 3.39. The Hall–Kier alpha value is -0.280. The maximum absolute atomic E-state index is 10.3. The molecule has 18 heavy (non-hydrogen) atoms. The molecule has 1 aromatic carbocycles. The van der Waals surface area contributed by atoms with E-state index in [0.717, 1.165) is 31.2 Å². The standard InChI is InChI=1S/C14H19Cl2NO/c1-10(12-8-11(15)4-5-13(12)16)17-9-14(18)6-2-3-7-14/h4-5,8,10,17-18H,2-3,6-7,9H2,1H3. The van der Waals surface area contributed by atoms with E-state index in [0.29, 0.717) is 16.6 Å². The smallest absolute Gasteiger partial charge is 0.0771 e. The minimum absolute atomic E-state index is 0.0841. The molecular weight excluding hydrogens is 269 g/mol. The van der Waals surface area contributed by atoms with Gasteiger partial charge < -0.3 is 10.4 Å². The van der Waals surface area contributed by atoms with E-state index in [2.05, 4.69) is 5.32 Å². The van der Waals surface area contributed by atoms with Crippen LogP contribution < -0.4 is 5.32 Å². The Labute approximate surface area is 118 Å². The lowest BCUT2D eigenvalue weighted by molar-refractivity contribution is 0.0453. The largest absolute Gasteiger partial charge is 0.389 e. The Balaban J connectivity index is 1.99. The quantitative estimate of drug-likeness (QED) is 0.879. The zero-order valence-electron chi connectivity index (χ0n) is 10.5. The van der Waals surface area contributed by atoms with Crippen LogP contribution in [0.2, 0.25) is 10.0 Å².